The van der Waals surface area contributed by atoms with Gasteiger partial charge in [0.05, 0.1) is 37.2 Å². The zero-order valence-corrected chi connectivity index (χ0v) is 24.7. The maximum atomic E-state index is 13.3. The van der Waals surface area contributed by atoms with Crippen molar-refractivity contribution in [2.45, 2.75) is 65.1 Å². The Morgan fingerprint density at radius 2 is 1.70 bits per heavy atom. The number of hydrogen-bond donors (Lipinski definition) is 7. The molecule has 0 aliphatic carbocycles. The van der Waals surface area contributed by atoms with Crippen LogP contribution in [0.25, 0.3) is 22.6 Å². The summed E-state index contributed by atoms with van der Waals surface area (Å²) in [5.41, 5.74) is -1.28. The fraction of sp³-hybridized carbons (Fsp3) is 0.538. The molecule has 236 valence electrons. The number of amides is 1. The van der Waals surface area contributed by atoms with E-state index in [0.29, 0.717) is 9.49 Å². The smallest absolute Gasteiger partial charge is 0.365 e. The molecule has 1 aromatic rings. The van der Waals surface area contributed by atoms with Gasteiger partial charge in [-0.3, -0.25) is 14.4 Å². The molecule has 7 N–H and O–H groups in total. The second-order valence-corrected chi connectivity index (χ2v) is 11.4. The van der Waals surface area contributed by atoms with E-state index in [0.717, 1.165) is 11.1 Å². The van der Waals surface area contributed by atoms with E-state index in [1.807, 2.05) is 13.8 Å². The molecule has 1 amide bonds. The van der Waals surface area contributed by atoms with Crippen molar-refractivity contribution in [2.24, 2.45) is 5.41 Å². The zero-order chi connectivity index (χ0) is 32.2. The summed E-state index contributed by atoms with van der Waals surface area (Å²) in [6.07, 6.45) is -6.98. The minimum Gasteiger partial charge on any atom is -0.396 e. The Labute approximate surface area is 249 Å². The molecule has 3 unspecified atom stereocenters. The van der Waals surface area contributed by atoms with Crippen molar-refractivity contribution in [3.8, 4) is 11.5 Å². The predicted octanol–water partition coefficient (Wildman–Crippen LogP) is -2.41. The van der Waals surface area contributed by atoms with E-state index in [2.05, 4.69) is 15.3 Å². The molecule has 0 saturated heterocycles. The van der Waals surface area contributed by atoms with Crippen LogP contribution in [0.1, 0.15) is 31.4 Å². The summed E-state index contributed by atoms with van der Waals surface area (Å²) >= 11 is 0.0972. The van der Waals surface area contributed by atoms with Gasteiger partial charge in [0, 0.05) is 12.0 Å². The average Bonchev–Trinajstić information content (AvgIpc) is 2.96. The third-order valence-electron chi connectivity index (χ3n) is 6.92. The molecule has 0 fully saturated rings. The molecule has 0 aromatic heterocycles. The minimum absolute atomic E-state index is 0.0972. The molecule has 0 bridgehead atoms. The maximum absolute atomic E-state index is 13.3. The Morgan fingerprint density at radius 3 is 2.33 bits per heavy atom. The SMILES string of the molecule is Cc1cc2nc3c(=O)n(SOC(=O)CCNC(=O)[C@H](O)C(C)(C)CO)c(=O)nc-3n(CC(O)C(O)C(O)CO)c2cc1C. The van der Waals surface area contributed by atoms with E-state index >= 15 is 0 Å². The quantitative estimate of drug-likeness (QED) is 0.0773. The standard InChI is InChI=1S/C26H35N5O11S/c1-12-7-14-15(8-13(12)2)30(9-16(34)20(37)17(35)10-32)22-19(28-14)24(40)31(25(41)29-22)43-42-18(36)5-6-27-23(39)21(38)26(3,4)11-33/h7-8,16-17,20-21,32-35,37-38H,5-6,9-11H2,1-4H3,(H,27,39)/t16?,17?,20?,21-/m0/s1. The van der Waals surface area contributed by atoms with Crippen molar-refractivity contribution >= 4 is 35.1 Å². The number of aliphatic hydroxyl groups is 6. The van der Waals surface area contributed by atoms with Gasteiger partial charge in [-0.15, -0.1) is 0 Å². The van der Waals surface area contributed by atoms with Crippen LogP contribution < -0.4 is 16.6 Å². The lowest BCUT2D eigenvalue weighted by atomic mass is 9.87. The summed E-state index contributed by atoms with van der Waals surface area (Å²) in [7, 11) is 0. The van der Waals surface area contributed by atoms with Gasteiger partial charge >= 0.3 is 11.7 Å². The number of aromatic nitrogens is 4. The molecule has 3 rings (SSSR count). The Kier molecular flexibility index (Phi) is 11.0. The van der Waals surface area contributed by atoms with Gasteiger partial charge in [-0.25, -0.2) is 9.78 Å². The van der Waals surface area contributed by atoms with Crippen LogP contribution in [0.4, 0.5) is 0 Å². The van der Waals surface area contributed by atoms with E-state index in [9.17, 15) is 44.7 Å². The Morgan fingerprint density at radius 1 is 1.05 bits per heavy atom. The van der Waals surface area contributed by atoms with Crippen LogP contribution in [0.15, 0.2) is 21.7 Å². The number of nitrogens with one attached hydrogen (secondary N) is 1. The molecule has 0 radical (unpaired) electrons. The van der Waals surface area contributed by atoms with Crippen LogP contribution >= 0.6 is 12.2 Å². The first-order valence-corrected chi connectivity index (χ1v) is 13.9. The van der Waals surface area contributed by atoms with Crippen LogP contribution in [-0.2, 0) is 20.3 Å². The number of benzene rings is 1. The Hall–Kier alpha value is -3.45. The molecule has 43 heavy (non-hydrogen) atoms. The second kappa shape index (κ2) is 13.9. The first-order valence-electron chi connectivity index (χ1n) is 13.2. The number of carbonyl (C=O) groups is 2. The molecular weight excluding hydrogens is 590 g/mol. The number of aliphatic hydroxyl groups excluding tert-OH is 6. The van der Waals surface area contributed by atoms with Gasteiger partial charge in [-0.05, 0) is 37.1 Å². The summed E-state index contributed by atoms with van der Waals surface area (Å²) in [5, 5.41) is 61.3. The van der Waals surface area contributed by atoms with E-state index in [-0.39, 0.29) is 42.2 Å². The van der Waals surface area contributed by atoms with Crippen molar-refractivity contribution in [3.63, 3.8) is 0 Å². The van der Waals surface area contributed by atoms with Crippen molar-refractivity contribution in [3.05, 3.63) is 44.1 Å². The van der Waals surface area contributed by atoms with Crippen LogP contribution in [0.3, 0.4) is 0 Å². The zero-order valence-electron chi connectivity index (χ0n) is 23.9. The van der Waals surface area contributed by atoms with E-state index < -0.39 is 72.7 Å². The van der Waals surface area contributed by atoms with E-state index in [4.69, 9.17) is 9.29 Å². The molecular formula is C26H35N5O11S. The summed E-state index contributed by atoms with van der Waals surface area (Å²) in [6, 6.07) is 3.36. The van der Waals surface area contributed by atoms with Crippen LogP contribution in [0, 0.1) is 19.3 Å². The Balaban J connectivity index is 1.89. The van der Waals surface area contributed by atoms with Gasteiger partial charge in [0.15, 0.2) is 23.7 Å². The number of aryl methyl sites for hydroxylation is 2. The summed E-state index contributed by atoms with van der Waals surface area (Å²) in [5.74, 6) is -1.97. The fourth-order valence-electron chi connectivity index (χ4n) is 3.94. The highest BCUT2D eigenvalue weighted by atomic mass is 32.2. The summed E-state index contributed by atoms with van der Waals surface area (Å²) in [6.45, 7) is 4.62. The topological polar surface area (TPSA) is 247 Å². The first kappa shape index (κ1) is 34.0. The predicted molar refractivity (Wildman–Crippen MR) is 153 cm³/mol. The second-order valence-electron chi connectivity index (χ2n) is 10.7. The minimum atomic E-state index is -1.77. The lowest BCUT2D eigenvalue weighted by Crippen LogP contribution is -2.46. The molecule has 1 aromatic carbocycles. The third kappa shape index (κ3) is 7.56. The van der Waals surface area contributed by atoms with E-state index in [1.165, 1.54) is 18.4 Å². The highest BCUT2D eigenvalue weighted by molar-refractivity contribution is 7.93. The number of fused-ring (bicyclic) bond motifs is 2. The first-order chi connectivity index (χ1) is 20.1. The third-order valence-corrected chi connectivity index (χ3v) is 7.65. The van der Waals surface area contributed by atoms with Gasteiger partial charge in [0.2, 0.25) is 5.91 Å². The van der Waals surface area contributed by atoms with Crippen LogP contribution in [0.5, 0.6) is 0 Å². The van der Waals surface area contributed by atoms with Crippen molar-refractivity contribution in [2.75, 3.05) is 19.8 Å². The number of carbonyl (C=O) groups excluding carboxylic acids is 2. The van der Waals surface area contributed by atoms with Gasteiger partial charge < -0.3 is 44.7 Å². The van der Waals surface area contributed by atoms with Crippen molar-refractivity contribution < 1.29 is 44.4 Å². The lowest BCUT2D eigenvalue weighted by Gasteiger charge is -2.27. The lowest BCUT2D eigenvalue weighted by molar-refractivity contribution is -0.137. The van der Waals surface area contributed by atoms with Gasteiger partial charge in [-0.2, -0.15) is 8.96 Å². The van der Waals surface area contributed by atoms with Gasteiger partial charge in [0.25, 0.3) is 5.56 Å². The number of nitrogens with zero attached hydrogens (tertiary/aromatic N) is 4. The fourth-order valence-corrected chi connectivity index (χ4v) is 4.44. The number of hydrogen-bond acceptors (Lipinski definition) is 14. The average molecular weight is 626 g/mol. The summed E-state index contributed by atoms with van der Waals surface area (Å²) < 4.78 is 6.69. The molecule has 0 spiro atoms. The Bertz CT molecular complexity index is 1570. The molecule has 4 atom stereocenters. The molecule has 0 saturated carbocycles. The molecule has 17 heteroatoms. The largest absolute Gasteiger partial charge is 0.396 e. The monoisotopic (exact) mass is 625 g/mol. The van der Waals surface area contributed by atoms with Crippen molar-refractivity contribution in [1.82, 2.24) is 23.8 Å². The molecule has 2 aliphatic heterocycles. The normalized spacial score (nSPS) is 14.8. The van der Waals surface area contributed by atoms with Crippen molar-refractivity contribution in [1.29, 1.82) is 0 Å². The molecule has 16 nitrogen and oxygen atoms in total. The molecule has 2 aliphatic rings. The van der Waals surface area contributed by atoms with Gasteiger partial charge in [-0.1, -0.05) is 13.8 Å². The van der Waals surface area contributed by atoms with Crippen LogP contribution in [0.2, 0.25) is 0 Å². The van der Waals surface area contributed by atoms with Gasteiger partial charge in [0.1, 0.15) is 24.4 Å². The highest BCUT2D eigenvalue weighted by Gasteiger charge is 2.33. The van der Waals surface area contributed by atoms with Crippen LogP contribution in [-0.4, -0.2) is 105 Å². The summed E-state index contributed by atoms with van der Waals surface area (Å²) in [4.78, 5) is 58.7. The maximum Gasteiger partial charge on any atom is 0.365 e. The number of rotatable bonds is 13. The highest BCUT2D eigenvalue weighted by Crippen LogP contribution is 2.25. The molecule has 2 heterocycles. The van der Waals surface area contributed by atoms with E-state index in [1.54, 1.807) is 12.1 Å².